The summed E-state index contributed by atoms with van der Waals surface area (Å²) in [5.74, 6) is 0. The lowest BCUT2D eigenvalue weighted by Gasteiger charge is -2.25. The van der Waals surface area contributed by atoms with Gasteiger partial charge in [0.25, 0.3) is 11.1 Å². The summed E-state index contributed by atoms with van der Waals surface area (Å²) in [6.45, 7) is 6.59. The van der Waals surface area contributed by atoms with Gasteiger partial charge in [-0.25, -0.2) is 14.2 Å². The van der Waals surface area contributed by atoms with Gasteiger partial charge in [0.1, 0.15) is 30.5 Å². The van der Waals surface area contributed by atoms with E-state index >= 15 is 0 Å². The van der Waals surface area contributed by atoms with Crippen LogP contribution in [0.4, 0.5) is 0 Å². The third kappa shape index (κ3) is 11.7. The van der Waals surface area contributed by atoms with Gasteiger partial charge >= 0.3 is 26.8 Å². The van der Waals surface area contributed by atoms with Crippen molar-refractivity contribution >= 4 is 15.4 Å². The molecule has 0 saturated carbocycles. The third-order valence-electron chi connectivity index (χ3n) is 6.90. The Morgan fingerprint density at radius 2 is 1.22 bits per heavy atom. The van der Waals surface area contributed by atoms with Gasteiger partial charge in [0.15, 0.2) is 25.1 Å². The number of aromatic nitrogens is 4. The topological polar surface area (TPSA) is 299 Å². The number of nitrogens with zero attached hydrogens (tertiary/aromatic N) is 2. The predicted octanol–water partition coefficient (Wildman–Crippen LogP) is -1.30. The molecule has 0 aromatic carbocycles. The monoisotopic (exact) mass is 760 g/mol. The van der Waals surface area contributed by atoms with Crippen molar-refractivity contribution in [2.24, 2.45) is 0 Å². The van der Waals surface area contributed by atoms with Crippen molar-refractivity contribution in [2.45, 2.75) is 89.2 Å². The second-order valence-electron chi connectivity index (χ2n) is 11.4. The average Bonchev–Trinajstić information content (AvgIpc) is 3.50. The smallest absolute Gasteiger partial charge is 0.374 e. The van der Waals surface area contributed by atoms with Crippen LogP contribution in [0.5, 0.6) is 0 Å². The summed E-state index contributed by atoms with van der Waals surface area (Å²) in [5.41, 5.74) is -2.57. The molecule has 0 spiro atoms. The van der Waals surface area contributed by atoms with Crippen molar-refractivity contribution in [1.82, 2.24) is 19.1 Å². The SMILES string of the molecule is CO[C@H]1C(OC(C)C)[C@@H](COP(=O)(O)O)O[C@H]1n1ccc(=O)[nH]c1=O.CO[C@H]1C(OC(C)C)[C@@H](OCP(=O)(O)O)O[C@H]1n1ccc(=O)[nH]c1=O. The fraction of sp³-hybridized carbons (Fsp3) is 0.692. The van der Waals surface area contributed by atoms with Crippen LogP contribution in [0.2, 0.25) is 0 Å². The lowest BCUT2D eigenvalue weighted by molar-refractivity contribution is -0.185. The Hall–Kier alpha value is -2.66. The van der Waals surface area contributed by atoms with Crippen molar-refractivity contribution in [3.05, 3.63) is 66.2 Å². The van der Waals surface area contributed by atoms with E-state index in [1.165, 1.54) is 26.6 Å². The Bertz CT molecular complexity index is 1600. The first-order valence-corrected chi connectivity index (χ1v) is 18.2. The minimum absolute atomic E-state index is 0.241. The highest BCUT2D eigenvalue weighted by Crippen LogP contribution is 2.40. The van der Waals surface area contributed by atoms with Crippen LogP contribution >= 0.6 is 15.4 Å². The molecule has 0 radical (unpaired) electrons. The van der Waals surface area contributed by atoms with Gasteiger partial charge in [-0.3, -0.25) is 37.8 Å². The van der Waals surface area contributed by atoms with Crippen molar-refractivity contribution in [2.75, 3.05) is 27.2 Å². The number of ether oxygens (including phenoxy) is 7. The second-order valence-corrected chi connectivity index (χ2v) is 14.3. The van der Waals surface area contributed by atoms with Crippen LogP contribution in [0, 0.1) is 0 Å². The van der Waals surface area contributed by atoms with E-state index in [1.54, 1.807) is 27.7 Å². The summed E-state index contributed by atoms with van der Waals surface area (Å²) >= 11 is 0. The van der Waals surface area contributed by atoms with Crippen molar-refractivity contribution in [1.29, 1.82) is 0 Å². The number of aromatic amines is 2. The van der Waals surface area contributed by atoms with Gasteiger partial charge in [0.2, 0.25) is 0 Å². The molecule has 4 rings (SSSR count). The van der Waals surface area contributed by atoms with E-state index in [0.717, 1.165) is 21.3 Å². The molecule has 6 N–H and O–H groups in total. The lowest BCUT2D eigenvalue weighted by Crippen LogP contribution is -2.41. The Labute approximate surface area is 283 Å². The molecular formula is C26H42N4O18P2. The molecule has 2 aliphatic rings. The summed E-state index contributed by atoms with van der Waals surface area (Å²) < 4.78 is 67.4. The zero-order valence-corrected chi connectivity index (χ0v) is 29.6. The molecule has 2 saturated heterocycles. The van der Waals surface area contributed by atoms with Gasteiger partial charge in [0.05, 0.1) is 18.8 Å². The summed E-state index contributed by atoms with van der Waals surface area (Å²) in [5, 5.41) is 0. The second kappa shape index (κ2) is 17.7. The quantitative estimate of drug-likeness (QED) is 0.122. The Balaban J connectivity index is 0.000000270. The highest BCUT2D eigenvalue weighted by atomic mass is 31.2. The minimum atomic E-state index is -4.71. The van der Waals surface area contributed by atoms with Crippen LogP contribution in [-0.2, 0) is 46.8 Å². The molecule has 284 valence electrons. The Morgan fingerprint density at radius 1 is 0.760 bits per heavy atom. The molecule has 2 fully saturated rings. The van der Waals surface area contributed by atoms with E-state index in [4.69, 9.17) is 52.7 Å². The Morgan fingerprint density at radius 3 is 1.64 bits per heavy atom. The fourth-order valence-corrected chi connectivity index (χ4v) is 5.75. The standard InChI is InChI=1S/2C13H21N2O9P/c1-7(2)23-10-8(6-22-25(18,19)20)24-12(11(10)21-3)15-5-4-9(16)14-13(15)17;1-7(2)23-10-9(21-3)11(15-5-4-8(16)14-13(15)17)24-12(10)22-6-25(18,19)20/h4-5,7-8,10-12H,6H2,1-3H3,(H,14,16,17)(H2,18,19,20);4-5,7,9-12H,6H2,1-3H3,(H,14,16,17)(H2,18,19,20)/t8-,10?,11+,12-;9-,10?,11+,12-/m10/s1. The molecule has 2 aromatic heterocycles. The summed E-state index contributed by atoms with van der Waals surface area (Å²) in [4.78, 5) is 86.4. The molecular weight excluding hydrogens is 718 g/mol. The van der Waals surface area contributed by atoms with Crippen LogP contribution in [0.1, 0.15) is 40.2 Å². The van der Waals surface area contributed by atoms with Crippen LogP contribution in [0.3, 0.4) is 0 Å². The van der Waals surface area contributed by atoms with Gasteiger partial charge < -0.3 is 52.7 Å². The van der Waals surface area contributed by atoms with E-state index < -0.39 is 100 Å². The molecule has 24 heteroatoms. The Kier molecular flexibility index (Phi) is 14.8. The largest absolute Gasteiger partial charge is 0.469 e. The number of hydrogen-bond donors (Lipinski definition) is 6. The molecule has 4 heterocycles. The molecule has 0 amide bonds. The van der Waals surface area contributed by atoms with Gasteiger partial charge in [-0.1, -0.05) is 0 Å². The predicted molar refractivity (Wildman–Crippen MR) is 168 cm³/mol. The molecule has 0 aliphatic carbocycles. The zero-order chi connectivity index (χ0) is 37.6. The van der Waals surface area contributed by atoms with Crippen molar-refractivity contribution in [3.63, 3.8) is 0 Å². The van der Waals surface area contributed by atoms with E-state index in [1.807, 2.05) is 0 Å². The normalized spacial score (nSPS) is 27.1. The first-order valence-electron chi connectivity index (χ1n) is 14.9. The first-order chi connectivity index (χ1) is 23.2. The minimum Gasteiger partial charge on any atom is -0.374 e. The summed E-state index contributed by atoms with van der Waals surface area (Å²) in [6, 6.07) is 2.29. The first kappa shape index (κ1) is 41.8. The highest BCUT2D eigenvalue weighted by Gasteiger charge is 2.50. The lowest BCUT2D eigenvalue weighted by atomic mass is 10.1. The molecule has 22 nitrogen and oxygen atoms in total. The number of phosphoric ester groups is 1. The third-order valence-corrected chi connectivity index (χ3v) is 7.87. The van der Waals surface area contributed by atoms with Crippen molar-refractivity contribution < 1.29 is 66.4 Å². The van der Waals surface area contributed by atoms with E-state index in [2.05, 4.69) is 14.5 Å². The van der Waals surface area contributed by atoms with E-state index in [0.29, 0.717) is 0 Å². The molecule has 2 aromatic rings. The van der Waals surface area contributed by atoms with Crippen LogP contribution in [0.25, 0.3) is 0 Å². The van der Waals surface area contributed by atoms with Crippen molar-refractivity contribution in [3.8, 4) is 0 Å². The van der Waals surface area contributed by atoms with Gasteiger partial charge in [0, 0.05) is 38.7 Å². The molecule has 8 atom stereocenters. The summed E-state index contributed by atoms with van der Waals surface area (Å²) in [7, 11) is -6.37. The van der Waals surface area contributed by atoms with Gasteiger partial charge in [-0.05, 0) is 27.7 Å². The number of hydrogen-bond acceptors (Lipinski definition) is 14. The number of rotatable bonds is 14. The number of H-pyrrole nitrogens is 2. The number of nitrogens with one attached hydrogen (secondary N) is 2. The fourth-order valence-electron chi connectivity index (χ4n) is 5.07. The number of phosphoric acid groups is 1. The maximum atomic E-state index is 12.0. The van der Waals surface area contributed by atoms with Crippen LogP contribution in [-0.4, -0.2) is 115 Å². The van der Waals surface area contributed by atoms with Crippen LogP contribution in [0.15, 0.2) is 43.7 Å². The summed E-state index contributed by atoms with van der Waals surface area (Å²) in [6.07, 6.45) is -6.14. The van der Waals surface area contributed by atoms with E-state index in [9.17, 15) is 28.3 Å². The number of methoxy groups -OCH3 is 2. The average molecular weight is 761 g/mol. The molecule has 50 heavy (non-hydrogen) atoms. The maximum absolute atomic E-state index is 12.0. The molecule has 0 bridgehead atoms. The van der Waals surface area contributed by atoms with Gasteiger partial charge in [-0.15, -0.1) is 0 Å². The highest BCUT2D eigenvalue weighted by molar-refractivity contribution is 7.51. The van der Waals surface area contributed by atoms with Crippen LogP contribution < -0.4 is 22.5 Å². The zero-order valence-electron chi connectivity index (χ0n) is 27.8. The van der Waals surface area contributed by atoms with Gasteiger partial charge in [-0.2, -0.15) is 0 Å². The maximum Gasteiger partial charge on any atom is 0.469 e. The molecule has 2 aliphatic heterocycles. The van der Waals surface area contributed by atoms with E-state index in [-0.39, 0.29) is 12.2 Å². The molecule has 2 unspecified atom stereocenters.